The third-order valence-electron chi connectivity index (χ3n) is 2.03. The number of amides is 1. The number of carbonyl (C=O) groups excluding carboxylic acids is 1. The van der Waals surface area contributed by atoms with Crippen LogP contribution in [0.5, 0.6) is 0 Å². The maximum atomic E-state index is 11.6. The molecule has 0 aliphatic carbocycles. The van der Waals surface area contributed by atoms with Crippen molar-refractivity contribution in [3.8, 4) is 0 Å². The Morgan fingerprint density at radius 3 is 2.76 bits per heavy atom. The highest BCUT2D eigenvalue weighted by Crippen LogP contribution is 2.32. The van der Waals surface area contributed by atoms with E-state index in [-0.39, 0.29) is 5.91 Å². The second-order valence-electron chi connectivity index (χ2n) is 3.35. The molecule has 4 nitrogen and oxygen atoms in total. The van der Waals surface area contributed by atoms with Crippen LogP contribution in [0.25, 0.3) is 0 Å². The molecule has 0 aliphatic heterocycles. The Morgan fingerprint density at radius 2 is 2.18 bits per heavy atom. The molecule has 0 unspecified atom stereocenters. The fourth-order valence-corrected chi connectivity index (χ4v) is 2.59. The lowest BCUT2D eigenvalue weighted by molar-refractivity contribution is -0.117. The van der Waals surface area contributed by atoms with E-state index in [1.165, 1.54) is 0 Å². The number of nitrogens with two attached hydrogens (primary N) is 1. The number of carbonyl (C=O) groups is 1. The average molecular weight is 366 g/mol. The SMILES string of the molecule is CCOCCC(=O)Nc1c(N)cc(Br)cc1Br. The minimum Gasteiger partial charge on any atom is -0.397 e. The molecule has 0 spiro atoms. The molecule has 0 radical (unpaired) electrons. The number of nitrogens with one attached hydrogen (secondary N) is 1. The van der Waals surface area contributed by atoms with Crippen LogP contribution in [0.2, 0.25) is 0 Å². The van der Waals surface area contributed by atoms with Crippen LogP contribution in [0.15, 0.2) is 21.1 Å². The Morgan fingerprint density at radius 1 is 1.47 bits per heavy atom. The molecule has 1 rings (SSSR count). The summed E-state index contributed by atoms with van der Waals surface area (Å²) in [7, 11) is 0. The molecular formula is C11H14Br2N2O2. The van der Waals surface area contributed by atoms with Gasteiger partial charge in [-0.15, -0.1) is 0 Å². The summed E-state index contributed by atoms with van der Waals surface area (Å²) in [5.41, 5.74) is 6.92. The molecule has 17 heavy (non-hydrogen) atoms. The molecule has 0 bridgehead atoms. The van der Waals surface area contributed by atoms with Crippen molar-refractivity contribution in [1.82, 2.24) is 0 Å². The maximum Gasteiger partial charge on any atom is 0.226 e. The minimum atomic E-state index is -0.117. The number of rotatable bonds is 5. The molecule has 6 heteroatoms. The van der Waals surface area contributed by atoms with Crippen LogP contribution in [-0.4, -0.2) is 19.1 Å². The van der Waals surface area contributed by atoms with Crippen molar-refractivity contribution < 1.29 is 9.53 Å². The zero-order valence-corrected chi connectivity index (χ0v) is 12.6. The first-order chi connectivity index (χ1) is 8.04. The van der Waals surface area contributed by atoms with Gasteiger partial charge < -0.3 is 15.8 Å². The summed E-state index contributed by atoms with van der Waals surface area (Å²) in [6, 6.07) is 3.57. The van der Waals surface area contributed by atoms with Crippen molar-refractivity contribution in [1.29, 1.82) is 0 Å². The Balaban J connectivity index is 2.65. The summed E-state index contributed by atoms with van der Waals surface area (Å²) in [6.45, 7) is 2.91. The molecule has 0 aromatic heterocycles. The van der Waals surface area contributed by atoms with Crippen molar-refractivity contribution in [3.05, 3.63) is 21.1 Å². The van der Waals surface area contributed by atoms with Crippen LogP contribution < -0.4 is 11.1 Å². The predicted molar refractivity (Wildman–Crippen MR) is 76.0 cm³/mol. The highest BCUT2D eigenvalue weighted by Gasteiger charge is 2.09. The molecule has 0 fully saturated rings. The monoisotopic (exact) mass is 364 g/mol. The fraction of sp³-hybridized carbons (Fsp3) is 0.364. The Labute approximate surface area is 117 Å². The van der Waals surface area contributed by atoms with Gasteiger partial charge in [0.1, 0.15) is 0 Å². The van der Waals surface area contributed by atoms with E-state index in [4.69, 9.17) is 10.5 Å². The van der Waals surface area contributed by atoms with Gasteiger partial charge in [0.25, 0.3) is 0 Å². The number of halogens is 2. The van der Waals surface area contributed by atoms with Crippen LogP contribution in [0, 0.1) is 0 Å². The molecule has 0 aliphatic rings. The third kappa shape index (κ3) is 4.65. The van der Waals surface area contributed by atoms with Crippen molar-refractivity contribution in [2.45, 2.75) is 13.3 Å². The highest BCUT2D eigenvalue weighted by molar-refractivity contribution is 9.11. The third-order valence-corrected chi connectivity index (χ3v) is 3.11. The predicted octanol–water partition coefficient (Wildman–Crippen LogP) is 3.16. The van der Waals surface area contributed by atoms with Crippen molar-refractivity contribution in [2.75, 3.05) is 24.3 Å². The summed E-state index contributed by atoms with van der Waals surface area (Å²) in [6.07, 6.45) is 0.315. The lowest BCUT2D eigenvalue weighted by atomic mass is 10.2. The number of nitrogen functional groups attached to an aromatic ring is 1. The van der Waals surface area contributed by atoms with E-state index in [2.05, 4.69) is 37.2 Å². The van der Waals surface area contributed by atoms with Gasteiger partial charge >= 0.3 is 0 Å². The molecule has 0 atom stereocenters. The van der Waals surface area contributed by atoms with Gasteiger partial charge in [0.05, 0.1) is 24.4 Å². The van der Waals surface area contributed by atoms with E-state index in [9.17, 15) is 4.79 Å². The number of hydrogen-bond acceptors (Lipinski definition) is 3. The van der Waals surface area contributed by atoms with Crippen LogP contribution in [0.3, 0.4) is 0 Å². The van der Waals surface area contributed by atoms with E-state index in [0.29, 0.717) is 31.0 Å². The van der Waals surface area contributed by atoms with Gasteiger partial charge in [-0.3, -0.25) is 4.79 Å². The molecule has 0 saturated carbocycles. The molecule has 1 amide bonds. The largest absolute Gasteiger partial charge is 0.397 e. The topological polar surface area (TPSA) is 64.3 Å². The van der Waals surface area contributed by atoms with E-state index in [0.717, 1.165) is 8.95 Å². The van der Waals surface area contributed by atoms with E-state index in [1.807, 2.05) is 13.0 Å². The van der Waals surface area contributed by atoms with Crippen molar-refractivity contribution in [3.63, 3.8) is 0 Å². The van der Waals surface area contributed by atoms with Crippen molar-refractivity contribution in [2.24, 2.45) is 0 Å². The number of hydrogen-bond donors (Lipinski definition) is 2. The molecule has 1 aromatic carbocycles. The molecule has 0 heterocycles. The van der Waals surface area contributed by atoms with Crippen molar-refractivity contribution >= 4 is 49.1 Å². The van der Waals surface area contributed by atoms with Gasteiger partial charge in [-0.05, 0) is 35.0 Å². The zero-order chi connectivity index (χ0) is 12.8. The van der Waals surface area contributed by atoms with Crippen LogP contribution in [0.1, 0.15) is 13.3 Å². The van der Waals surface area contributed by atoms with Gasteiger partial charge in [-0.2, -0.15) is 0 Å². The minimum absolute atomic E-state index is 0.117. The molecule has 3 N–H and O–H groups in total. The molecule has 94 valence electrons. The molecule has 1 aromatic rings. The summed E-state index contributed by atoms with van der Waals surface area (Å²) >= 11 is 6.67. The second kappa shape index (κ2) is 6.98. The van der Waals surface area contributed by atoms with Gasteiger partial charge in [-0.1, -0.05) is 15.9 Å². The van der Waals surface area contributed by atoms with E-state index in [1.54, 1.807) is 6.07 Å². The smallest absolute Gasteiger partial charge is 0.226 e. The summed E-state index contributed by atoms with van der Waals surface area (Å²) in [5, 5.41) is 2.75. The first-order valence-electron chi connectivity index (χ1n) is 5.16. The Kier molecular flexibility index (Phi) is 5.94. The van der Waals surface area contributed by atoms with E-state index >= 15 is 0 Å². The molecule has 0 saturated heterocycles. The van der Waals surface area contributed by atoms with Crippen LogP contribution >= 0.6 is 31.9 Å². The average Bonchev–Trinajstić information content (AvgIpc) is 2.24. The Hall–Kier alpha value is -0.590. The highest BCUT2D eigenvalue weighted by atomic mass is 79.9. The van der Waals surface area contributed by atoms with Gasteiger partial charge in [-0.25, -0.2) is 0 Å². The first kappa shape index (κ1) is 14.5. The first-order valence-corrected chi connectivity index (χ1v) is 6.75. The summed E-state index contributed by atoms with van der Waals surface area (Å²) < 4.78 is 6.71. The summed E-state index contributed by atoms with van der Waals surface area (Å²) in [5.74, 6) is -0.117. The lowest BCUT2D eigenvalue weighted by Crippen LogP contribution is -2.15. The number of anilines is 2. The van der Waals surface area contributed by atoms with Gasteiger partial charge in [0, 0.05) is 15.6 Å². The maximum absolute atomic E-state index is 11.6. The van der Waals surface area contributed by atoms with Crippen LogP contribution in [0.4, 0.5) is 11.4 Å². The normalized spacial score (nSPS) is 10.3. The quantitative estimate of drug-likeness (QED) is 0.622. The standard InChI is InChI=1S/C11H14Br2N2O2/c1-2-17-4-3-10(16)15-11-8(13)5-7(12)6-9(11)14/h5-6H,2-4,14H2,1H3,(H,15,16). The lowest BCUT2D eigenvalue weighted by Gasteiger charge is -2.11. The van der Waals surface area contributed by atoms with E-state index < -0.39 is 0 Å². The second-order valence-corrected chi connectivity index (χ2v) is 5.12. The summed E-state index contributed by atoms with van der Waals surface area (Å²) in [4.78, 5) is 11.6. The van der Waals surface area contributed by atoms with Gasteiger partial charge in [0.15, 0.2) is 0 Å². The molecular weight excluding hydrogens is 352 g/mol. The van der Waals surface area contributed by atoms with Gasteiger partial charge in [0.2, 0.25) is 5.91 Å². The fourth-order valence-electron chi connectivity index (χ4n) is 1.24. The number of ether oxygens (including phenoxy) is 1. The Bertz CT molecular complexity index is 387. The van der Waals surface area contributed by atoms with Crippen LogP contribution in [-0.2, 0) is 9.53 Å². The zero-order valence-electron chi connectivity index (χ0n) is 9.43. The number of benzene rings is 1.